The molecular weight excluding hydrogens is 320 g/mol. The highest BCUT2D eigenvalue weighted by Crippen LogP contribution is 2.10. The highest BCUT2D eigenvalue weighted by molar-refractivity contribution is 6.01. The molecule has 0 aliphatic rings. The molecule has 24 heavy (non-hydrogen) atoms. The molecule has 0 aliphatic carbocycles. The Morgan fingerprint density at radius 1 is 0.958 bits per heavy atom. The van der Waals surface area contributed by atoms with Gasteiger partial charge in [0.1, 0.15) is 0 Å². The van der Waals surface area contributed by atoms with E-state index >= 15 is 0 Å². The maximum absolute atomic E-state index is 10.5. The first-order valence-corrected chi connectivity index (χ1v) is 6.65. The van der Waals surface area contributed by atoms with Gasteiger partial charge in [0.2, 0.25) is 0 Å². The first-order valence-electron chi connectivity index (χ1n) is 6.65. The van der Waals surface area contributed by atoms with E-state index in [2.05, 4.69) is 6.58 Å². The number of carboxylic acids is 3. The minimum absolute atomic E-state index is 0.0451. The maximum atomic E-state index is 10.5. The van der Waals surface area contributed by atoms with Gasteiger partial charge < -0.3 is 25.5 Å². The summed E-state index contributed by atoms with van der Waals surface area (Å²) in [6, 6.07) is 5.48. The van der Waals surface area contributed by atoms with Crippen LogP contribution in [0, 0.1) is 5.41 Å². The minimum Gasteiger partial charge on any atom is -0.478 e. The van der Waals surface area contributed by atoms with Crippen LogP contribution in [0.5, 0.6) is 0 Å². The first kappa shape index (κ1) is 23.6. The molecule has 8 heteroatoms. The highest BCUT2D eigenvalue weighted by Gasteiger charge is 2.14. The highest BCUT2D eigenvalue weighted by atomic mass is 16.4. The number of aliphatic carboxylic acids is 1. The van der Waals surface area contributed by atoms with E-state index in [0.29, 0.717) is 0 Å². The van der Waals surface area contributed by atoms with Crippen molar-refractivity contribution in [2.24, 2.45) is 5.41 Å². The minimum atomic E-state index is -1.23. The quantitative estimate of drug-likeness (QED) is 0.502. The number of rotatable bonds is 5. The molecule has 134 valence electrons. The predicted octanol–water partition coefficient (Wildman–Crippen LogP) is 1.34. The first-order chi connectivity index (χ1) is 11.0. The lowest BCUT2D eigenvalue weighted by Crippen LogP contribution is -2.20. The summed E-state index contributed by atoms with van der Waals surface area (Å²) < 4.78 is 0. The van der Waals surface area contributed by atoms with Gasteiger partial charge in [-0.15, -0.1) is 0 Å². The standard InChI is InChI=1S/C8H6O4.C5H12O2.C3H4O2/c9-7(10)5-3-1-2-4-6(5)8(11)12;1-5(2,3-6)4-7;1-2-3(4)5/h1-4H,(H,9,10)(H,11,12);6-7H,3-4H2,1-2H3;2H,1H2,(H,4,5). The van der Waals surface area contributed by atoms with Crippen molar-refractivity contribution in [2.45, 2.75) is 13.8 Å². The van der Waals surface area contributed by atoms with Crippen LogP contribution >= 0.6 is 0 Å². The van der Waals surface area contributed by atoms with Crippen LogP contribution in [-0.2, 0) is 4.79 Å². The van der Waals surface area contributed by atoms with Gasteiger partial charge in [0.05, 0.1) is 24.3 Å². The number of aliphatic hydroxyl groups excluding tert-OH is 2. The second-order valence-corrected chi connectivity index (χ2v) is 5.18. The largest absolute Gasteiger partial charge is 0.478 e. The van der Waals surface area contributed by atoms with Crippen molar-refractivity contribution in [2.75, 3.05) is 13.2 Å². The van der Waals surface area contributed by atoms with Crippen LogP contribution < -0.4 is 0 Å². The van der Waals surface area contributed by atoms with Crippen LogP contribution in [-0.4, -0.2) is 56.7 Å². The van der Waals surface area contributed by atoms with Crippen molar-refractivity contribution in [1.82, 2.24) is 0 Å². The fourth-order valence-corrected chi connectivity index (χ4v) is 0.906. The average molecular weight is 342 g/mol. The third-order valence-corrected chi connectivity index (χ3v) is 2.42. The molecule has 0 bridgehead atoms. The van der Waals surface area contributed by atoms with E-state index in [1.165, 1.54) is 24.3 Å². The lowest BCUT2D eigenvalue weighted by Gasteiger charge is -2.16. The van der Waals surface area contributed by atoms with Gasteiger partial charge in [0.15, 0.2) is 0 Å². The van der Waals surface area contributed by atoms with Gasteiger partial charge in [0, 0.05) is 11.5 Å². The molecule has 0 saturated heterocycles. The van der Waals surface area contributed by atoms with Crippen molar-refractivity contribution in [3.63, 3.8) is 0 Å². The van der Waals surface area contributed by atoms with E-state index in [4.69, 9.17) is 25.5 Å². The number of carbonyl (C=O) groups is 3. The summed E-state index contributed by atoms with van der Waals surface area (Å²) in [4.78, 5) is 30.2. The molecule has 1 aromatic rings. The Morgan fingerprint density at radius 3 is 1.38 bits per heavy atom. The number of hydrogen-bond donors (Lipinski definition) is 5. The average Bonchev–Trinajstić information content (AvgIpc) is 2.55. The van der Waals surface area contributed by atoms with Gasteiger partial charge >= 0.3 is 17.9 Å². The zero-order valence-corrected chi connectivity index (χ0v) is 13.5. The van der Waals surface area contributed by atoms with Gasteiger partial charge in [-0.1, -0.05) is 32.6 Å². The number of aliphatic hydroxyl groups is 2. The van der Waals surface area contributed by atoms with Gasteiger partial charge in [-0.2, -0.15) is 0 Å². The monoisotopic (exact) mass is 342 g/mol. The van der Waals surface area contributed by atoms with E-state index in [1.54, 1.807) is 13.8 Å². The number of aromatic carboxylic acids is 2. The molecule has 0 spiro atoms. The van der Waals surface area contributed by atoms with Crippen LogP contribution in [0.1, 0.15) is 34.6 Å². The summed E-state index contributed by atoms with van der Waals surface area (Å²) in [7, 11) is 0. The maximum Gasteiger partial charge on any atom is 0.336 e. The normalized spacial score (nSPS) is 9.50. The van der Waals surface area contributed by atoms with Gasteiger partial charge in [-0.25, -0.2) is 14.4 Å². The smallest absolute Gasteiger partial charge is 0.336 e. The lowest BCUT2D eigenvalue weighted by atomic mass is 9.97. The number of benzene rings is 1. The molecule has 1 rings (SSSR count). The van der Waals surface area contributed by atoms with E-state index in [9.17, 15) is 14.4 Å². The Bertz CT molecular complexity index is 524. The fraction of sp³-hybridized carbons (Fsp3) is 0.312. The molecule has 8 nitrogen and oxygen atoms in total. The van der Waals surface area contributed by atoms with Gasteiger partial charge in [-0.3, -0.25) is 0 Å². The summed E-state index contributed by atoms with van der Waals surface area (Å²) >= 11 is 0. The molecule has 0 aliphatic heterocycles. The Balaban J connectivity index is 0. The van der Waals surface area contributed by atoms with Crippen LogP contribution in [0.4, 0.5) is 0 Å². The molecule has 0 atom stereocenters. The molecule has 0 heterocycles. The summed E-state index contributed by atoms with van der Waals surface area (Å²) in [6.45, 7) is 6.65. The SMILES string of the molecule is C=CC(=O)O.CC(C)(CO)CO.O=C(O)c1ccccc1C(=O)O. The number of hydrogen-bond acceptors (Lipinski definition) is 5. The molecule has 0 aromatic heterocycles. The molecule has 0 amide bonds. The molecule has 0 saturated carbocycles. The molecular formula is C16H22O8. The van der Waals surface area contributed by atoms with Crippen molar-refractivity contribution < 1.29 is 39.9 Å². The van der Waals surface area contributed by atoms with E-state index in [-0.39, 0.29) is 29.8 Å². The fourth-order valence-electron chi connectivity index (χ4n) is 0.906. The lowest BCUT2D eigenvalue weighted by molar-refractivity contribution is -0.131. The van der Waals surface area contributed by atoms with Crippen LogP contribution in [0.25, 0.3) is 0 Å². The van der Waals surface area contributed by atoms with Crippen LogP contribution in [0.2, 0.25) is 0 Å². The molecule has 1 aromatic carbocycles. The van der Waals surface area contributed by atoms with Crippen molar-refractivity contribution in [3.8, 4) is 0 Å². The summed E-state index contributed by atoms with van der Waals surface area (Å²) in [5, 5.41) is 41.6. The third-order valence-electron chi connectivity index (χ3n) is 2.42. The second-order valence-electron chi connectivity index (χ2n) is 5.18. The zero-order chi connectivity index (χ0) is 19.3. The Kier molecular flexibility index (Phi) is 11.6. The van der Waals surface area contributed by atoms with Crippen LogP contribution in [0.15, 0.2) is 36.9 Å². The predicted molar refractivity (Wildman–Crippen MR) is 86.1 cm³/mol. The van der Waals surface area contributed by atoms with E-state index in [0.717, 1.165) is 6.08 Å². The van der Waals surface area contributed by atoms with E-state index in [1.807, 2.05) is 0 Å². The third kappa shape index (κ3) is 10.9. The Hall–Kier alpha value is -2.71. The van der Waals surface area contributed by atoms with Gasteiger partial charge in [0.25, 0.3) is 0 Å². The molecule has 0 unspecified atom stereocenters. The topological polar surface area (TPSA) is 152 Å². The molecule has 0 fully saturated rings. The number of carboxylic acid groups (broad SMARTS) is 3. The summed E-state index contributed by atoms with van der Waals surface area (Å²) in [5.74, 6) is -3.44. The summed E-state index contributed by atoms with van der Waals surface area (Å²) in [6.07, 6.45) is 0.833. The van der Waals surface area contributed by atoms with Crippen molar-refractivity contribution in [1.29, 1.82) is 0 Å². The summed E-state index contributed by atoms with van der Waals surface area (Å²) in [5.41, 5.74) is -0.685. The molecule has 0 radical (unpaired) electrons. The molecule has 5 N–H and O–H groups in total. The Labute approximate surface area is 139 Å². The zero-order valence-electron chi connectivity index (χ0n) is 13.5. The Morgan fingerprint density at radius 2 is 1.25 bits per heavy atom. The van der Waals surface area contributed by atoms with Gasteiger partial charge in [-0.05, 0) is 12.1 Å². The van der Waals surface area contributed by atoms with Crippen molar-refractivity contribution in [3.05, 3.63) is 48.0 Å². The van der Waals surface area contributed by atoms with E-state index < -0.39 is 17.9 Å². The van der Waals surface area contributed by atoms with Crippen molar-refractivity contribution >= 4 is 17.9 Å². The van der Waals surface area contributed by atoms with Crippen LogP contribution in [0.3, 0.4) is 0 Å². The second kappa shape index (κ2) is 11.8.